The second-order valence-electron chi connectivity index (χ2n) is 5.21. The first-order valence-corrected chi connectivity index (χ1v) is 6.65. The monoisotopic (exact) mass is 244 g/mol. The van der Waals surface area contributed by atoms with E-state index in [0.717, 1.165) is 45.8 Å². The third kappa shape index (κ3) is 5.82. The smallest absolute Gasteiger partial charge is 0.0589 e. The van der Waals surface area contributed by atoms with Gasteiger partial charge in [-0.25, -0.2) is 0 Å². The molecule has 1 atom stereocenters. The van der Waals surface area contributed by atoms with E-state index in [1.165, 1.54) is 12.8 Å². The van der Waals surface area contributed by atoms with Gasteiger partial charge < -0.3 is 14.8 Å². The number of nitrogens with zero attached hydrogens (tertiary/aromatic N) is 1. The fourth-order valence-corrected chi connectivity index (χ4v) is 2.51. The lowest BCUT2D eigenvalue weighted by molar-refractivity contribution is 0.115. The molecule has 1 fully saturated rings. The molecule has 102 valence electrons. The summed E-state index contributed by atoms with van der Waals surface area (Å²) in [7, 11) is 3.53. The van der Waals surface area contributed by atoms with Crippen molar-refractivity contribution in [3.63, 3.8) is 0 Å². The molecule has 0 radical (unpaired) electrons. The van der Waals surface area contributed by atoms with Crippen LogP contribution in [0.3, 0.4) is 0 Å². The SMILES string of the molecule is COCCCN(CCOC)CC1(C)CCCN1. The zero-order valence-corrected chi connectivity index (χ0v) is 11.6. The van der Waals surface area contributed by atoms with E-state index in [-0.39, 0.29) is 0 Å². The van der Waals surface area contributed by atoms with Gasteiger partial charge in [-0.1, -0.05) is 0 Å². The summed E-state index contributed by atoms with van der Waals surface area (Å²) in [5.41, 5.74) is 0.292. The van der Waals surface area contributed by atoms with Gasteiger partial charge in [-0.15, -0.1) is 0 Å². The second-order valence-corrected chi connectivity index (χ2v) is 5.21. The Balaban J connectivity index is 2.32. The van der Waals surface area contributed by atoms with Crippen LogP contribution in [-0.2, 0) is 9.47 Å². The highest BCUT2D eigenvalue weighted by atomic mass is 16.5. The van der Waals surface area contributed by atoms with Crippen molar-refractivity contribution in [2.45, 2.75) is 31.7 Å². The molecule has 4 heteroatoms. The quantitative estimate of drug-likeness (QED) is 0.616. The summed E-state index contributed by atoms with van der Waals surface area (Å²) in [6, 6.07) is 0. The van der Waals surface area contributed by atoms with Crippen LogP contribution in [0.5, 0.6) is 0 Å². The molecule has 1 saturated heterocycles. The molecule has 0 aromatic rings. The van der Waals surface area contributed by atoms with Gasteiger partial charge in [0.2, 0.25) is 0 Å². The van der Waals surface area contributed by atoms with Crippen LogP contribution in [0.2, 0.25) is 0 Å². The van der Waals surface area contributed by atoms with Crippen LogP contribution < -0.4 is 5.32 Å². The molecule has 0 aliphatic carbocycles. The zero-order chi connectivity index (χ0) is 12.6. The minimum Gasteiger partial charge on any atom is -0.385 e. The van der Waals surface area contributed by atoms with Crippen molar-refractivity contribution in [3.05, 3.63) is 0 Å². The van der Waals surface area contributed by atoms with Crippen LogP contribution >= 0.6 is 0 Å². The van der Waals surface area contributed by atoms with Gasteiger partial charge in [0, 0.05) is 46.0 Å². The van der Waals surface area contributed by atoms with Crippen LogP contribution in [0, 0.1) is 0 Å². The molecule has 1 unspecified atom stereocenters. The summed E-state index contributed by atoms with van der Waals surface area (Å²) in [4.78, 5) is 2.49. The summed E-state index contributed by atoms with van der Waals surface area (Å²) in [6.45, 7) is 8.35. The lowest BCUT2D eigenvalue weighted by Gasteiger charge is -2.32. The lowest BCUT2D eigenvalue weighted by Crippen LogP contribution is -2.48. The highest BCUT2D eigenvalue weighted by Crippen LogP contribution is 2.19. The van der Waals surface area contributed by atoms with E-state index >= 15 is 0 Å². The van der Waals surface area contributed by atoms with Crippen molar-refractivity contribution in [2.75, 3.05) is 53.6 Å². The number of rotatable bonds is 9. The molecule has 17 heavy (non-hydrogen) atoms. The summed E-state index contributed by atoms with van der Waals surface area (Å²) < 4.78 is 10.3. The molecular weight excluding hydrogens is 216 g/mol. The highest BCUT2D eigenvalue weighted by Gasteiger charge is 2.29. The molecule has 0 aromatic carbocycles. The van der Waals surface area contributed by atoms with Gasteiger partial charge in [-0.3, -0.25) is 4.90 Å². The van der Waals surface area contributed by atoms with Crippen molar-refractivity contribution in [3.8, 4) is 0 Å². The molecular formula is C13H28N2O2. The van der Waals surface area contributed by atoms with Crippen molar-refractivity contribution in [1.82, 2.24) is 10.2 Å². The Bertz CT molecular complexity index is 194. The topological polar surface area (TPSA) is 33.7 Å². The summed E-state index contributed by atoms with van der Waals surface area (Å²) in [5.74, 6) is 0. The highest BCUT2D eigenvalue weighted by molar-refractivity contribution is 4.91. The predicted octanol–water partition coefficient (Wildman–Crippen LogP) is 1.11. The lowest BCUT2D eigenvalue weighted by atomic mass is 9.99. The number of hydrogen-bond acceptors (Lipinski definition) is 4. The summed E-state index contributed by atoms with van der Waals surface area (Å²) in [6.07, 6.45) is 3.67. The van der Waals surface area contributed by atoms with Crippen LogP contribution in [0.25, 0.3) is 0 Å². The maximum absolute atomic E-state index is 5.18. The zero-order valence-electron chi connectivity index (χ0n) is 11.6. The normalized spacial score (nSPS) is 24.7. The molecule has 0 saturated carbocycles. The fraction of sp³-hybridized carbons (Fsp3) is 1.00. The number of nitrogens with one attached hydrogen (secondary N) is 1. The summed E-state index contributed by atoms with van der Waals surface area (Å²) >= 11 is 0. The largest absolute Gasteiger partial charge is 0.385 e. The number of ether oxygens (including phenoxy) is 2. The molecule has 1 N–H and O–H groups in total. The molecule has 0 bridgehead atoms. The van der Waals surface area contributed by atoms with Gasteiger partial charge in [0.1, 0.15) is 0 Å². The Morgan fingerprint density at radius 3 is 2.53 bits per heavy atom. The minimum atomic E-state index is 0.292. The number of hydrogen-bond donors (Lipinski definition) is 1. The van der Waals surface area contributed by atoms with Crippen molar-refractivity contribution < 1.29 is 9.47 Å². The Kier molecular flexibility index (Phi) is 7.04. The third-order valence-corrected chi connectivity index (χ3v) is 3.46. The van der Waals surface area contributed by atoms with Crippen LogP contribution in [0.4, 0.5) is 0 Å². The molecule has 0 spiro atoms. The minimum absolute atomic E-state index is 0.292. The molecule has 0 amide bonds. The average Bonchev–Trinajstić information content (AvgIpc) is 2.73. The van der Waals surface area contributed by atoms with Gasteiger partial charge in [0.15, 0.2) is 0 Å². The van der Waals surface area contributed by atoms with Crippen molar-refractivity contribution in [2.24, 2.45) is 0 Å². The number of methoxy groups -OCH3 is 2. The summed E-state index contributed by atoms with van der Waals surface area (Å²) in [5, 5.41) is 3.62. The van der Waals surface area contributed by atoms with Crippen molar-refractivity contribution >= 4 is 0 Å². The van der Waals surface area contributed by atoms with Crippen LogP contribution in [-0.4, -0.2) is 64.1 Å². The molecule has 0 aromatic heterocycles. The third-order valence-electron chi connectivity index (χ3n) is 3.46. The van der Waals surface area contributed by atoms with E-state index in [0.29, 0.717) is 5.54 Å². The van der Waals surface area contributed by atoms with E-state index < -0.39 is 0 Å². The molecule has 1 aliphatic rings. The predicted molar refractivity (Wildman–Crippen MR) is 70.5 cm³/mol. The Hall–Kier alpha value is -0.160. The molecule has 1 aliphatic heterocycles. The van der Waals surface area contributed by atoms with E-state index in [9.17, 15) is 0 Å². The van der Waals surface area contributed by atoms with E-state index in [2.05, 4.69) is 17.1 Å². The second kappa shape index (κ2) is 8.03. The fourth-order valence-electron chi connectivity index (χ4n) is 2.51. The van der Waals surface area contributed by atoms with E-state index in [4.69, 9.17) is 9.47 Å². The Morgan fingerprint density at radius 2 is 1.94 bits per heavy atom. The molecule has 1 heterocycles. The first-order valence-electron chi connectivity index (χ1n) is 6.65. The maximum atomic E-state index is 5.18. The van der Waals surface area contributed by atoms with Crippen LogP contribution in [0.1, 0.15) is 26.2 Å². The van der Waals surface area contributed by atoms with Crippen molar-refractivity contribution in [1.29, 1.82) is 0 Å². The first-order chi connectivity index (χ1) is 8.20. The maximum Gasteiger partial charge on any atom is 0.0589 e. The van der Waals surface area contributed by atoms with Gasteiger partial charge in [0.05, 0.1) is 6.61 Å². The van der Waals surface area contributed by atoms with Crippen LogP contribution in [0.15, 0.2) is 0 Å². The first kappa shape index (κ1) is 14.9. The van der Waals surface area contributed by atoms with Gasteiger partial charge in [-0.05, 0) is 32.7 Å². The Morgan fingerprint density at radius 1 is 1.18 bits per heavy atom. The van der Waals surface area contributed by atoms with E-state index in [1.807, 2.05) is 0 Å². The standard InChI is InChI=1S/C13H28N2O2/c1-13(6-4-7-14-13)12-15(9-11-17-3)8-5-10-16-2/h14H,4-12H2,1-3H3. The van der Waals surface area contributed by atoms with Gasteiger partial charge in [0.25, 0.3) is 0 Å². The van der Waals surface area contributed by atoms with Gasteiger partial charge >= 0.3 is 0 Å². The molecule has 1 rings (SSSR count). The Labute approximate surface area is 106 Å². The van der Waals surface area contributed by atoms with Gasteiger partial charge in [-0.2, -0.15) is 0 Å². The molecule has 4 nitrogen and oxygen atoms in total. The average molecular weight is 244 g/mol. The van der Waals surface area contributed by atoms with E-state index in [1.54, 1.807) is 14.2 Å².